The minimum atomic E-state index is -3.52. The van der Waals surface area contributed by atoms with Gasteiger partial charge in [-0.05, 0) is 43.9 Å². The van der Waals surface area contributed by atoms with Gasteiger partial charge in [-0.15, -0.1) is 11.3 Å². The standard InChI is InChI=1S/C20H27N3O3S2/c1-22(2)15-18(16-8-4-3-5-9-16)21-20(24)17-10-6-12-23(14-17)28(25,26)19-11-7-13-27-19/h3-5,7-9,11,13,17-18H,6,10,12,14-15H2,1-2H3,(H,21,24)/t17-,18+/m0/s1. The summed E-state index contributed by atoms with van der Waals surface area (Å²) in [5.74, 6) is -0.418. The van der Waals surface area contributed by atoms with Crippen LogP contribution in [0.1, 0.15) is 24.4 Å². The van der Waals surface area contributed by atoms with Gasteiger partial charge in [0.15, 0.2) is 0 Å². The van der Waals surface area contributed by atoms with Crippen LogP contribution in [-0.2, 0) is 14.8 Å². The second-order valence-electron chi connectivity index (χ2n) is 7.37. The van der Waals surface area contributed by atoms with E-state index in [0.717, 1.165) is 5.56 Å². The normalized spacial score (nSPS) is 19.5. The fourth-order valence-corrected chi connectivity index (χ4v) is 6.16. The molecule has 0 bridgehead atoms. The van der Waals surface area contributed by atoms with E-state index in [9.17, 15) is 13.2 Å². The van der Waals surface area contributed by atoms with Crippen molar-refractivity contribution in [2.75, 3.05) is 33.7 Å². The van der Waals surface area contributed by atoms with Crippen molar-refractivity contribution in [3.63, 3.8) is 0 Å². The molecule has 1 N–H and O–H groups in total. The third-order valence-corrected chi connectivity index (χ3v) is 8.15. The van der Waals surface area contributed by atoms with Gasteiger partial charge >= 0.3 is 0 Å². The Morgan fingerprint density at radius 3 is 2.64 bits per heavy atom. The highest BCUT2D eigenvalue weighted by molar-refractivity contribution is 7.91. The lowest BCUT2D eigenvalue weighted by Crippen LogP contribution is -2.46. The zero-order chi connectivity index (χ0) is 20.1. The summed E-state index contributed by atoms with van der Waals surface area (Å²) in [5, 5.41) is 4.90. The number of rotatable bonds is 7. The summed E-state index contributed by atoms with van der Waals surface area (Å²) in [4.78, 5) is 15.0. The zero-order valence-electron chi connectivity index (χ0n) is 16.2. The average molecular weight is 422 g/mol. The second-order valence-corrected chi connectivity index (χ2v) is 10.5. The van der Waals surface area contributed by atoms with Crippen LogP contribution in [0.25, 0.3) is 0 Å². The van der Waals surface area contributed by atoms with E-state index in [0.29, 0.717) is 30.1 Å². The molecule has 2 aromatic rings. The van der Waals surface area contributed by atoms with E-state index >= 15 is 0 Å². The molecule has 1 aromatic carbocycles. The molecule has 8 heteroatoms. The minimum absolute atomic E-state index is 0.0817. The Bertz CT molecular complexity index is 867. The van der Waals surface area contributed by atoms with Crippen LogP contribution in [0.5, 0.6) is 0 Å². The highest BCUT2D eigenvalue weighted by Gasteiger charge is 2.34. The fraction of sp³-hybridized carbons (Fsp3) is 0.450. The first-order valence-electron chi connectivity index (χ1n) is 9.41. The van der Waals surface area contributed by atoms with Crippen molar-refractivity contribution in [3.05, 3.63) is 53.4 Å². The zero-order valence-corrected chi connectivity index (χ0v) is 17.9. The summed E-state index contributed by atoms with van der Waals surface area (Å²) < 4.78 is 27.4. The highest BCUT2D eigenvalue weighted by atomic mass is 32.2. The van der Waals surface area contributed by atoms with Crippen LogP contribution in [0, 0.1) is 5.92 Å². The lowest BCUT2D eigenvalue weighted by molar-refractivity contribution is -0.127. The largest absolute Gasteiger partial charge is 0.348 e. The van der Waals surface area contributed by atoms with Gasteiger partial charge in [0.25, 0.3) is 10.0 Å². The van der Waals surface area contributed by atoms with Gasteiger partial charge in [-0.1, -0.05) is 36.4 Å². The summed E-state index contributed by atoms with van der Waals surface area (Å²) in [5.41, 5.74) is 1.04. The molecule has 0 saturated carbocycles. The predicted molar refractivity (Wildman–Crippen MR) is 112 cm³/mol. The molecule has 6 nitrogen and oxygen atoms in total. The van der Waals surface area contributed by atoms with Crippen LogP contribution in [0.2, 0.25) is 0 Å². The number of hydrogen-bond acceptors (Lipinski definition) is 5. The second kappa shape index (κ2) is 9.17. The Labute approximate surface area is 171 Å². The molecule has 28 heavy (non-hydrogen) atoms. The molecule has 1 saturated heterocycles. The van der Waals surface area contributed by atoms with E-state index in [1.54, 1.807) is 17.5 Å². The third-order valence-electron chi connectivity index (χ3n) is 4.91. The number of likely N-dealkylation sites (N-methyl/N-ethyl adjacent to an activating group) is 1. The summed E-state index contributed by atoms with van der Waals surface area (Å²) >= 11 is 1.21. The lowest BCUT2D eigenvalue weighted by atomic mass is 9.97. The first kappa shape index (κ1) is 21.0. The Morgan fingerprint density at radius 1 is 1.25 bits per heavy atom. The van der Waals surface area contributed by atoms with Crippen molar-refractivity contribution in [1.82, 2.24) is 14.5 Å². The monoisotopic (exact) mass is 421 g/mol. The molecule has 2 atom stereocenters. The van der Waals surface area contributed by atoms with Gasteiger partial charge in [0, 0.05) is 19.6 Å². The Morgan fingerprint density at radius 2 is 2.00 bits per heavy atom. The summed E-state index contributed by atoms with van der Waals surface area (Å²) in [6, 6.07) is 13.1. The lowest BCUT2D eigenvalue weighted by Gasteiger charge is -2.32. The summed E-state index contributed by atoms with van der Waals surface area (Å²) in [6.07, 6.45) is 1.39. The van der Waals surface area contributed by atoms with Crippen molar-refractivity contribution in [2.24, 2.45) is 5.92 Å². The van der Waals surface area contributed by atoms with E-state index in [1.807, 2.05) is 49.3 Å². The van der Waals surface area contributed by atoms with E-state index in [4.69, 9.17) is 0 Å². The van der Waals surface area contributed by atoms with Crippen LogP contribution in [0.15, 0.2) is 52.1 Å². The quantitative estimate of drug-likeness (QED) is 0.746. The van der Waals surface area contributed by atoms with Gasteiger partial charge in [-0.2, -0.15) is 4.31 Å². The molecule has 0 spiro atoms. The van der Waals surface area contributed by atoms with Gasteiger partial charge in [0.2, 0.25) is 5.91 Å². The van der Waals surface area contributed by atoms with Gasteiger partial charge in [0.1, 0.15) is 4.21 Å². The van der Waals surface area contributed by atoms with Crippen LogP contribution in [0.4, 0.5) is 0 Å². The molecule has 1 aliphatic rings. The molecule has 152 valence electrons. The molecular weight excluding hydrogens is 394 g/mol. The maximum atomic E-state index is 13.0. The predicted octanol–water partition coefficient (Wildman–Crippen LogP) is 2.57. The maximum absolute atomic E-state index is 13.0. The number of thiophene rings is 1. The highest BCUT2D eigenvalue weighted by Crippen LogP contribution is 2.27. The number of sulfonamides is 1. The molecular formula is C20H27N3O3S2. The number of carbonyl (C=O) groups is 1. The molecule has 1 fully saturated rings. The third kappa shape index (κ3) is 5.00. The number of benzene rings is 1. The molecule has 0 radical (unpaired) electrons. The van der Waals surface area contributed by atoms with Crippen molar-refractivity contribution in [2.45, 2.75) is 23.1 Å². The molecule has 1 amide bonds. The summed E-state index contributed by atoms with van der Waals surface area (Å²) in [6.45, 7) is 1.37. The molecule has 1 aromatic heterocycles. The van der Waals surface area contributed by atoms with Crippen molar-refractivity contribution in [3.8, 4) is 0 Å². The van der Waals surface area contributed by atoms with Crippen molar-refractivity contribution < 1.29 is 13.2 Å². The molecule has 2 heterocycles. The van der Waals surface area contributed by atoms with E-state index in [2.05, 4.69) is 5.32 Å². The minimum Gasteiger partial charge on any atom is -0.348 e. The van der Waals surface area contributed by atoms with Crippen LogP contribution < -0.4 is 5.32 Å². The number of piperidine rings is 1. The van der Waals surface area contributed by atoms with Crippen molar-refractivity contribution in [1.29, 1.82) is 0 Å². The number of nitrogens with one attached hydrogen (secondary N) is 1. The van der Waals surface area contributed by atoms with E-state index in [1.165, 1.54) is 15.6 Å². The van der Waals surface area contributed by atoms with E-state index < -0.39 is 10.0 Å². The first-order chi connectivity index (χ1) is 13.4. The number of carbonyl (C=O) groups excluding carboxylic acids is 1. The van der Waals surface area contributed by atoms with Gasteiger partial charge < -0.3 is 10.2 Å². The van der Waals surface area contributed by atoms with E-state index in [-0.39, 0.29) is 24.4 Å². The van der Waals surface area contributed by atoms with Gasteiger partial charge in [-0.25, -0.2) is 8.42 Å². The molecule has 0 unspecified atom stereocenters. The molecule has 1 aliphatic heterocycles. The van der Waals surface area contributed by atoms with Gasteiger partial charge in [-0.3, -0.25) is 4.79 Å². The van der Waals surface area contributed by atoms with Crippen LogP contribution >= 0.6 is 11.3 Å². The van der Waals surface area contributed by atoms with Crippen LogP contribution in [0.3, 0.4) is 0 Å². The number of nitrogens with zero attached hydrogens (tertiary/aromatic N) is 2. The topological polar surface area (TPSA) is 69.7 Å². The molecule has 0 aliphatic carbocycles. The van der Waals surface area contributed by atoms with Gasteiger partial charge in [0.05, 0.1) is 12.0 Å². The molecule has 3 rings (SSSR count). The first-order valence-corrected chi connectivity index (χ1v) is 11.7. The Balaban J connectivity index is 1.70. The smallest absolute Gasteiger partial charge is 0.252 e. The Hall–Kier alpha value is -1.74. The summed E-state index contributed by atoms with van der Waals surface area (Å²) in [7, 11) is 0.419. The number of hydrogen-bond donors (Lipinski definition) is 1. The fourth-order valence-electron chi connectivity index (χ4n) is 3.49. The van der Waals surface area contributed by atoms with Crippen LogP contribution in [-0.4, -0.2) is 57.3 Å². The number of amides is 1. The maximum Gasteiger partial charge on any atom is 0.252 e. The average Bonchev–Trinajstić information content (AvgIpc) is 3.23. The van der Waals surface area contributed by atoms with Crippen molar-refractivity contribution >= 4 is 27.3 Å². The SMILES string of the molecule is CN(C)C[C@@H](NC(=O)[C@H]1CCCN(S(=O)(=O)c2cccs2)C1)c1ccccc1. The Kier molecular flexibility index (Phi) is 6.87.